The molecule has 0 saturated carbocycles. The van der Waals surface area contributed by atoms with Gasteiger partial charge in [0.05, 0.1) is 54.6 Å². The molecule has 0 fully saturated rings. The number of hydrogen-bond donors (Lipinski definition) is 0. The summed E-state index contributed by atoms with van der Waals surface area (Å²) in [7, 11) is 0. The van der Waals surface area contributed by atoms with Gasteiger partial charge in [-0.25, -0.2) is 14.5 Å². The van der Waals surface area contributed by atoms with Crippen molar-refractivity contribution in [1.82, 2.24) is 59.1 Å². The number of aromatic nitrogens is 12. The first-order valence-corrected chi connectivity index (χ1v) is 41.0. The van der Waals surface area contributed by atoms with Crippen molar-refractivity contribution in [1.29, 1.82) is 5.26 Å². The zero-order valence-corrected chi connectivity index (χ0v) is 82.9. The van der Waals surface area contributed by atoms with E-state index in [-0.39, 0.29) is 92.3 Å². The maximum atomic E-state index is 9.60. The summed E-state index contributed by atoms with van der Waals surface area (Å²) < 4.78 is 8.52. The van der Waals surface area contributed by atoms with E-state index in [4.69, 9.17) is 24.8 Å². The SMILES string of the molecule is Cc1cc(C)c(-n2c(-c3[c-]cccc3)nnc2-c2ccccc2C#N)c(C)c1.[C-]#[N+]c1cc(C(C)C)c(-n2c(-c3[c-]cccc3)nnc2-c2ccccc2C)c(C(C)C)c1.[C-]#[N+]c1cc(CC(C)C)c(-n2c(-c3[c-]cccc3)nnc2-c2ccccc2C)c(CC(C)C)c1.[C-]#[N+]c1ccc(C)c(-c2nnc(-c3[c-]cccc3)n2-c2c(C)cccc2C)c1.[Ir].[Ir].[Ir].[Ir]. The summed E-state index contributed by atoms with van der Waals surface area (Å²) in [6.07, 6.45) is 1.74. The predicted molar refractivity (Wildman–Crippen MR) is 491 cm³/mol. The first kappa shape index (κ1) is 97.6. The summed E-state index contributed by atoms with van der Waals surface area (Å²) in [4.78, 5) is 11.2. The third-order valence-corrected chi connectivity index (χ3v) is 21.2. The Balaban J connectivity index is 0.000000189. The number of hydrogen-bond acceptors (Lipinski definition) is 9. The Labute approximate surface area is 795 Å². The standard InChI is InChI=1S/C30H31N4.C28H27N4.2C24H19N4.4Ir/c1-20(2)16-24-18-26(31-6)19-25(17-21(3)4)28(24)34-29(23-13-8-7-9-14-23)32-33-30(34)27-15-11-10-12-22(27)5;1-18(2)24-16-22(29-6)17-25(19(3)4)26(24)32-27(21-13-8-7-9-14-21)30-31-28(32)23-15-11-10-12-20(23)5;1-16-13-14-20(25-4)15-21(16)24-27-26-23(19-11-6-5-7-12-19)28(24)22-17(2)9-8-10-18(22)3;1-16-13-17(2)22(18(3)14-16)28-23(19-9-5-4-6-10-19)26-27-24(28)21-12-8-7-11-20(21)15-25;;;;/h7-13,15,18-21H,16-17H2,1-5H3;7-13,15-19H,1-5H3;5-11,13-15H,1-3H3;4-9,11-14H,1-3H3;;;;/q4*-1;;;;. The average molecular weight is 2360 g/mol. The third-order valence-electron chi connectivity index (χ3n) is 21.2. The molecule has 12 aromatic carbocycles. The normalized spacial score (nSPS) is 10.6. The van der Waals surface area contributed by atoms with Gasteiger partial charge in [0.2, 0.25) is 0 Å². The second-order valence-electron chi connectivity index (χ2n) is 32.0. The van der Waals surface area contributed by atoms with Crippen molar-refractivity contribution in [2.24, 2.45) is 11.8 Å². The van der Waals surface area contributed by atoms with Gasteiger partial charge >= 0.3 is 0 Å². The monoisotopic (exact) mass is 2360 g/mol. The van der Waals surface area contributed by atoms with Crippen LogP contribution in [-0.2, 0) is 93.3 Å². The van der Waals surface area contributed by atoms with E-state index < -0.39 is 0 Å². The van der Waals surface area contributed by atoms with Crippen LogP contribution in [0.25, 0.3) is 128 Å². The first-order chi connectivity index (χ1) is 59.0. The van der Waals surface area contributed by atoms with Gasteiger partial charge in [0.1, 0.15) is 0 Å². The van der Waals surface area contributed by atoms with E-state index in [1.807, 2.05) is 193 Å². The van der Waals surface area contributed by atoms with Crippen molar-refractivity contribution >= 4 is 17.1 Å². The summed E-state index contributed by atoms with van der Waals surface area (Å²) >= 11 is 0. The van der Waals surface area contributed by atoms with Gasteiger partial charge in [-0.2, -0.15) is 25.7 Å². The van der Waals surface area contributed by atoms with Crippen LogP contribution in [0.1, 0.15) is 140 Å². The Kier molecular flexibility index (Phi) is 34.5. The van der Waals surface area contributed by atoms with E-state index in [1.54, 1.807) is 6.07 Å². The second-order valence-corrected chi connectivity index (χ2v) is 32.0. The molecule has 0 atom stereocenters. The topological polar surface area (TPSA) is 160 Å². The Bertz CT molecular complexity index is 6530. The molecule has 16 rings (SSSR count). The summed E-state index contributed by atoms with van der Waals surface area (Å²) in [5.41, 5.74) is 27.7. The Morgan fingerprint density at radius 2 is 0.627 bits per heavy atom. The maximum Gasteiger partial charge on any atom is 0.187 e. The number of aryl methyl sites for hydroxylation is 8. The Hall–Kier alpha value is -12.2. The van der Waals surface area contributed by atoms with Crippen molar-refractivity contribution < 1.29 is 80.4 Å². The van der Waals surface area contributed by atoms with Gasteiger partial charge in [0, 0.05) is 125 Å². The van der Waals surface area contributed by atoms with Crippen LogP contribution in [0.4, 0.5) is 17.1 Å². The second kappa shape index (κ2) is 44.6. The molecule has 126 heavy (non-hydrogen) atoms. The molecular weight excluding hydrogens is 2270 g/mol. The van der Waals surface area contributed by atoms with E-state index in [0.29, 0.717) is 46.1 Å². The zero-order chi connectivity index (χ0) is 86.4. The zero-order valence-electron chi connectivity index (χ0n) is 73.3. The number of benzene rings is 12. The molecule has 0 saturated heterocycles. The minimum absolute atomic E-state index is 0. The molecule has 0 aliphatic rings. The molecule has 0 unspecified atom stereocenters. The minimum Gasteiger partial charge on any atom is -0.316 e. The Morgan fingerprint density at radius 1 is 0.310 bits per heavy atom. The summed E-state index contributed by atoms with van der Waals surface area (Å²) in [6.45, 7) is 57.0. The van der Waals surface area contributed by atoms with Gasteiger partial charge in [0.25, 0.3) is 0 Å². The van der Waals surface area contributed by atoms with Crippen LogP contribution in [-0.4, -0.2) is 59.1 Å². The molecule has 0 bridgehead atoms. The van der Waals surface area contributed by atoms with E-state index in [9.17, 15) is 5.26 Å². The molecule has 16 nitrogen and oxygen atoms in total. The van der Waals surface area contributed by atoms with Gasteiger partial charge in [0.15, 0.2) is 40.4 Å². The van der Waals surface area contributed by atoms with Crippen molar-refractivity contribution in [3.8, 4) is 120 Å². The van der Waals surface area contributed by atoms with Crippen LogP contribution >= 0.6 is 0 Å². The molecule has 4 radical (unpaired) electrons. The molecule has 20 heteroatoms. The van der Waals surface area contributed by atoms with E-state index in [1.165, 1.54) is 5.56 Å². The van der Waals surface area contributed by atoms with Crippen LogP contribution in [0.2, 0.25) is 0 Å². The quantitative estimate of drug-likeness (QED) is 0.0762. The number of para-hydroxylation sites is 1. The number of nitrogens with zero attached hydrogens (tertiary/aromatic N) is 16. The van der Waals surface area contributed by atoms with Crippen LogP contribution in [0, 0.1) is 123 Å². The molecule has 640 valence electrons. The molecular formula is C106H96Ir4N16-4. The molecule has 0 aliphatic heterocycles. The van der Waals surface area contributed by atoms with Crippen molar-refractivity contribution in [3.63, 3.8) is 0 Å². The van der Waals surface area contributed by atoms with Crippen LogP contribution in [0.3, 0.4) is 0 Å². The van der Waals surface area contributed by atoms with Crippen LogP contribution in [0.15, 0.2) is 243 Å². The Morgan fingerprint density at radius 3 is 0.992 bits per heavy atom. The molecule has 4 heterocycles. The van der Waals surface area contributed by atoms with Gasteiger partial charge in [-0.15, -0.1) is 164 Å². The molecule has 0 amide bonds. The van der Waals surface area contributed by atoms with Gasteiger partial charge in [-0.1, -0.05) is 188 Å². The number of rotatable bonds is 18. The van der Waals surface area contributed by atoms with Crippen LogP contribution < -0.4 is 0 Å². The predicted octanol–water partition coefficient (Wildman–Crippen LogP) is 26.2. The molecule has 0 spiro atoms. The molecule has 4 aromatic heterocycles. The van der Waals surface area contributed by atoms with Gasteiger partial charge in [-0.05, 0) is 171 Å². The minimum atomic E-state index is 0. The molecule has 16 aromatic rings. The third kappa shape index (κ3) is 21.6. The van der Waals surface area contributed by atoms with Crippen molar-refractivity contribution in [2.75, 3.05) is 0 Å². The number of nitriles is 1. The van der Waals surface area contributed by atoms with Crippen molar-refractivity contribution in [3.05, 3.63) is 373 Å². The van der Waals surface area contributed by atoms with E-state index >= 15 is 0 Å². The van der Waals surface area contributed by atoms with E-state index in [0.717, 1.165) is 176 Å². The molecule has 0 aliphatic carbocycles. The smallest absolute Gasteiger partial charge is 0.187 e. The average Bonchev–Trinajstić information content (AvgIpc) is 0.984. The van der Waals surface area contributed by atoms with Gasteiger partial charge < -0.3 is 18.3 Å². The maximum absolute atomic E-state index is 9.60. The summed E-state index contributed by atoms with van der Waals surface area (Å²) in [5.74, 6) is 7.30. The fourth-order valence-corrected chi connectivity index (χ4v) is 15.7. The fourth-order valence-electron chi connectivity index (χ4n) is 15.7. The fraction of sp³-hybridized carbons (Fsp3) is 0.208. The summed E-state index contributed by atoms with van der Waals surface area (Å²) in [6, 6.07) is 95.1. The summed E-state index contributed by atoms with van der Waals surface area (Å²) in [5, 5.41) is 46.4. The van der Waals surface area contributed by atoms with Crippen LogP contribution in [0.5, 0.6) is 0 Å². The first-order valence-electron chi connectivity index (χ1n) is 41.0. The molecule has 0 N–H and O–H groups in total. The van der Waals surface area contributed by atoms with Crippen molar-refractivity contribution in [2.45, 2.75) is 135 Å². The van der Waals surface area contributed by atoms with E-state index in [2.05, 4.69) is 253 Å². The van der Waals surface area contributed by atoms with Gasteiger partial charge in [-0.3, -0.25) is 0 Å². The largest absolute Gasteiger partial charge is 0.316 e.